The number of sulfonamides is 1. The highest BCUT2D eigenvalue weighted by molar-refractivity contribution is 7.89. The van der Waals surface area contributed by atoms with E-state index in [2.05, 4.69) is 20.0 Å². The molecule has 2 aliphatic rings. The molecule has 2 fully saturated rings. The second-order valence-electron chi connectivity index (χ2n) is 7.34. The lowest BCUT2D eigenvalue weighted by molar-refractivity contribution is -0.00770. The van der Waals surface area contributed by atoms with Gasteiger partial charge in [-0.1, -0.05) is 0 Å². The Morgan fingerprint density at radius 1 is 1.30 bits per heavy atom. The van der Waals surface area contributed by atoms with Crippen LogP contribution < -0.4 is 10.0 Å². The molecule has 0 aromatic carbocycles. The van der Waals surface area contributed by atoms with Crippen molar-refractivity contribution in [1.82, 2.24) is 19.3 Å². The molecule has 1 unspecified atom stereocenters. The van der Waals surface area contributed by atoms with Crippen molar-refractivity contribution in [3.05, 3.63) is 24.8 Å². The van der Waals surface area contributed by atoms with Crippen LogP contribution >= 0.6 is 0 Å². The molecule has 10 heteroatoms. The SMILES string of the molecule is CNS(=O)(=O)c1cc(-c2cn(C)cn2)cnc1NCC1[C@H]2CC(F)(F)C[C@@H]12. The predicted octanol–water partition coefficient (Wildman–Crippen LogP) is 2.09. The summed E-state index contributed by atoms with van der Waals surface area (Å²) in [6.07, 6.45) is 4.80. The quantitative estimate of drug-likeness (QED) is 0.779. The van der Waals surface area contributed by atoms with E-state index in [1.54, 1.807) is 23.3 Å². The number of nitrogens with zero attached hydrogens (tertiary/aromatic N) is 3. The molecule has 2 aromatic rings. The van der Waals surface area contributed by atoms with Crippen molar-refractivity contribution >= 4 is 15.8 Å². The zero-order chi connectivity index (χ0) is 19.4. The van der Waals surface area contributed by atoms with Gasteiger partial charge in [0.2, 0.25) is 15.9 Å². The van der Waals surface area contributed by atoms with Crippen LogP contribution in [-0.2, 0) is 17.1 Å². The number of aryl methyl sites for hydroxylation is 1. The minimum atomic E-state index is -3.75. The van der Waals surface area contributed by atoms with Crippen LogP contribution in [0.5, 0.6) is 0 Å². The first-order valence-electron chi connectivity index (χ1n) is 8.74. The minimum Gasteiger partial charge on any atom is -0.369 e. The van der Waals surface area contributed by atoms with Gasteiger partial charge < -0.3 is 9.88 Å². The van der Waals surface area contributed by atoms with Crippen LogP contribution in [0.2, 0.25) is 0 Å². The van der Waals surface area contributed by atoms with E-state index in [1.807, 2.05) is 7.05 Å². The summed E-state index contributed by atoms with van der Waals surface area (Å²) in [6, 6.07) is 1.52. The number of fused-ring (bicyclic) bond motifs is 1. The average Bonchev–Trinajstić information content (AvgIpc) is 2.95. The highest BCUT2D eigenvalue weighted by Crippen LogP contribution is 2.62. The molecule has 2 saturated carbocycles. The zero-order valence-electron chi connectivity index (χ0n) is 15.0. The molecule has 0 radical (unpaired) electrons. The third kappa shape index (κ3) is 3.43. The predicted molar refractivity (Wildman–Crippen MR) is 95.8 cm³/mol. The van der Waals surface area contributed by atoms with E-state index in [0.29, 0.717) is 17.8 Å². The molecule has 0 aliphatic heterocycles. The number of nitrogens with one attached hydrogen (secondary N) is 2. The van der Waals surface area contributed by atoms with Gasteiger partial charge in [0.15, 0.2) is 0 Å². The Hall–Kier alpha value is -2.07. The lowest BCUT2D eigenvalue weighted by atomic mass is 10.1. The topological polar surface area (TPSA) is 88.9 Å². The van der Waals surface area contributed by atoms with E-state index >= 15 is 0 Å². The Bertz CT molecular complexity index is 961. The van der Waals surface area contributed by atoms with E-state index in [1.165, 1.54) is 13.1 Å². The number of rotatable bonds is 6. The Morgan fingerprint density at radius 2 is 2.00 bits per heavy atom. The van der Waals surface area contributed by atoms with Crippen molar-refractivity contribution in [2.24, 2.45) is 24.8 Å². The molecule has 3 atom stereocenters. The second-order valence-corrected chi connectivity index (χ2v) is 9.19. The highest BCUT2D eigenvalue weighted by Gasteiger charge is 2.62. The lowest BCUT2D eigenvalue weighted by Crippen LogP contribution is -2.22. The molecule has 2 N–H and O–H groups in total. The fourth-order valence-electron chi connectivity index (χ4n) is 4.01. The number of aromatic nitrogens is 3. The van der Waals surface area contributed by atoms with E-state index in [0.717, 1.165) is 0 Å². The largest absolute Gasteiger partial charge is 0.369 e. The number of anilines is 1. The first-order valence-corrected chi connectivity index (χ1v) is 10.2. The number of imidazole rings is 1. The fourth-order valence-corrected chi connectivity index (χ4v) is 4.90. The molecule has 2 aliphatic carbocycles. The number of hydrogen-bond acceptors (Lipinski definition) is 5. The first kappa shape index (κ1) is 18.3. The highest BCUT2D eigenvalue weighted by atomic mass is 32.2. The molecule has 2 heterocycles. The van der Waals surface area contributed by atoms with Gasteiger partial charge in [0.1, 0.15) is 10.7 Å². The van der Waals surface area contributed by atoms with Gasteiger partial charge in [0.05, 0.1) is 12.0 Å². The summed E-state index contributed by atoms with van der Waals surface area (Å²) in [5, 5.41) is 3.05. The van der Waals surface area contributed by atoms with Gasteiger partial charge >= 0.3 is 0 Å². The van der Waals surface area contributed by atoms with E-state index in [9.17, 15) is 17.2 Å². The van der Waals surface area contributed by atoms with E-state index in [4.69, 9.17) is 0 Å². The molecule has 0 spiro atoms. The molecule has 7 nitrogen and oxygen atoms in total. The van der Waals surface area contributed by atoms with Gasteiger partial charge in [-0.3, -0.25) is 0 Å². The van der Waals surface area contributed by atoms with Crippen molar-refractivity contribution in [2.45, 2.75) is 23.7 Å². The third-order valence-electron chi connectivity index (χ3n) is 5.49. The molecular weight excluding hydrogens is 376 g/mol. The summed E-state index contributed by atoms with van der Waals surface area (Å²) in [6.45, 7) is 0.438. The van der Waals surface area contributed by atoms with Gasteiger partial charge in [-0.15, -0.1) is 0 Å². The van der Waals surface area contributed by atoms with Crippen LogP contribution in [0.25, 0.3) is 11.3 Å². The first-order chi connectivity index (χ1) is 12.7. The van der Waals surface area contributed by atoms with Crippen LogP contribution in [0.1, 0.15) is 12.8 Å². The number of halogens is 2. The maximum atomic E-state index is 13.3. The summed E-state index contributed by atoms with van der Waals surface area (Å²) < 4.78 is 55.5. The number of hydrogen-bond donors (Lipinski definition) is 2. The Morgan fingerprint density at radius 3 is 2.59 bits per heavy atom. The molecule has 0 amide bonds. The Kier molecular flexibility index (Phi) is 4.22. The average molecular weight is 397 g/mol. The standard InChI is InChI=1S/C17H21F2N5O2S/c1-20-27(25,26)15-3-10(14-8-24(2)9-23-14)6-21-16(15)22-7-13-11-4-17(18,19)5-12(11)13/h3,6,8-9,11-13,20H,4-5,7H2,1-2H3,(H,21,22)/t11-,12+,13?. The van der Waals surface area contributed by atoms with E-state index < -0.39 is 15.9 Å². The van der Waals surface area contributed by atoms with Crippen molar-refractivity contribution < 1.29 is 17.2 Å². The van der Waals surface area contributed by atoms with Crippen molar-refractivity contribution in [3.8, 4) is 11.3 Å². The minimum absolute atomic E-state index is 0.0179. The van der Waals surface area contributed by atoms with Crippen LogP contribution in [0.3, 0.4) is 0 Å². The van der Waals surface area contributed by atoms with Crippen LogP contribution in [0, 0.1) is 17.8 Å². The van der Waals surface area contributed by atoms with Gasteiger partial charge in [-0.2, -0.15) is 0 Å². The van der Waals surface area contributed by atoms with Gasteiger partial charge in [-0.05, 0) is 30.9 Å². The van der Waals surface area contributed by atoms with Crippen molar-refractivity contribution in [1.29, 1.82) is 0 Å². The maximum absolute atomic E-state index is 13.3. The number of alkyl halides is 2. The molecule has 4 rings (SSSR count). The fraction of sp³-hybridized carbons (Fsp3) is 0.529. The maximum Gasteiger partial charge on any atom is 0.248 e. The molecular formula is C17H21F2N5O2S. The second kappa shape index (κ2) is 6.23. The number of pyridine rings is 1. The van der Waals surface area contributed by atoms with Gasteiger partial charge in [-0.25, -0.2) is 31.9 Å². The van der Waals surface area contributed by atoms with Crippen LogP contribution in [0.15, 0.2) is 29.7 Å². The smallest absolute Gasteiger partial charge is 0.248 e. The monoisotopic (exact) mass is 397 g/mol. The summed E-state index contributed by atoms with van der Waals surface area (Å²) in [4.78, 5) is 8.51. The van der Waals surface area contributed by atoms with Crippen LogP contribution in [0.4, 0.5) is 14.6 Å². The molecule has 0 bridgehead atoms. The Labute approximate surface area is 156 Å². The summed E-state index contributed by atoms with van der Waals surface area (Å²) in [5.41, 5.74) is 1.20. The Balaban J connectivity index is 1.55. The van der Waals surface area contributed by atoms with Gasteiger partial charge in [0, 0.05) is 44.4 Å². The van der Waals surface area contributed by atoms with Crippen LogP contribution in [-0.4, -0.2) is 42.5 Å². The van der Waals surface area contributed by atoms with E-state index in [-0.39, 0.29) is 41.3 Å². The zero-order valence-corrected chi connectivity index (χ0v) is 15.8. The third-order valence-corrected chi connectivity index (χ3v) is 6.92. The van der Waals surface area contributed by atoms with Gasteiger partial charge in [0.25, 0.3) is 0 Å². The van der Waals surface area contributed by atoms with Crippen molar-refractivity contribution in [2.75, 3.05) is 18.9 Å². The summed E-state index contributed by atoms with van der Waals surface area (Å²) in [5.74, 6) is -2.14. The lowest BCUT2D eigenvalue weighted by Gasteiger charge is -2.15. The van der Waals surface area contributed by atoms with Crippen molar-refractivity contribution in [3.63, 3.8) is 0 Å². The molecule has 146 valence electrons. The summed E-state index contributed by atoms with van der Waals surface area (Å²) in [7, 11) is -0.593. The molecule has 27 heavy (non-hydrogen) atoms. The molecule has 0 saturated heterocycles. The summed E-state index contributed by atoms with van der Waals surface area (Å²) >= 11 is 0. The normalized spacial score (nSPS) is 26.0. The molecule has 2 aromatic heterocycles.